The molecule has 0 aliphatic carbocycles. The summed E-state index contributed by atoms with van der Waals surface area (Å²) in [5, 5.41) is 3.01. The predicted molar refractivity (Wildman–Crippen MR) is 140 cm³/mol. The van der Waals surface area contributed by atoms with Crippen LogP contribution in [0.3, 0.4) is 0 Å². The maximum Gasteiger partial charge on any atom is 0.322 e. The standard InChI is InChI=1S/C28H40N2O6/c1-4-5-6-7-8-16-30(28(31)29-25-14-13-24(32-2)20-26(25)33-3)21-22-9-11-23(12-10-22)34-17-15-27-35-18-19-36-27/h9-14,20,27H,4-8,15-19,21H2,1-3H3,(H,29,31). The van der Waals surface area contributed by atoms with E-state index in [1.54, 1.807) is 32.4 Å². The monoisotopic (exact) mass is 500 g/mol. The second-order valence-corrected chi connectivity index (χ2v) is 8.78. The van der Waals surface area contributed by atoms with Gasteiger partial charge in [0.15, 0.2) is 6.29 Å². The molecule has 1 heterocycles. The first-order valence-electron chi connectivity index (χ1n) is 12.9. The summed E-state index contributed by atoms with van der Waals surface area (Å²) in [6, 6.07) is 13.1. The van der Waals surface area contributed by atoms with E-state index >= 15 is 0 Å². The molecule has 2 amide bonds. The molecular formula is C28H40N2O6. The molecule has 0 spiro atoms. The van der Waals surface area contributed by atoms with Crippen molar-refractivity contribution in [1.82, 2.24) is 4.90 Å². The number of carbonyl (C=O) groups excluding carboxylic acids is 1. The van der Waals surface area contributed by atoms with Crippen LogP contribution in [-0.2, 0) is 16.0 Å². The van der Waals surface area contributed by atoms with Gasteiger partial charge in [0.1, 0.15) is 17.2 Å². The second-order valence-electron chi connectivity index (χ2n) is 8.78. The lowest BCUT2D eigenvalue weighted by atomic mass is 10.1. The Kier molecular flexibility index (Phi) is 11.7. The number of amides is 2. The van der Waals surface area contributed by atoms with Gasteiger partial charge in [-0.3, -0.25) is 0 Å². The minimum atomic E-state index is -0.169. The van der Waals surface area contributed by atoms with Crippen LogP contribution in [0.1, 0.15) is 51.0 Å². The van der Waals surface area contributed by atoms with Crippen molar-refractivity contribution in [3.8, 4) is 17.2 Å². The third-order valence-corrected chi connectivity index (χ3v) is 6.08. The van der Waals surface area contributed by atoms with Gasteiger partial charge in [-0.05, 0) is 36.2 Å². The Hall–Kier alpha value is -2.97. The Labute approximate surface area is 214 Å². The SMILES string of the molecule is CCCCCCCN(Cc1ccc(OCCC2OCCO2)cc1)C(=O)Nc1ccc(OC)cc1OC. The molecule has 1 aliphatic heterocycles. The fraction of sp³-hybridized carbons (Fsp3) is 0.536. The maximum atomic E-state index is 13.3. The number of unbranched alkanes of at least 4 members (excludes halogenated alkanes) is 4. The van der Waals surface area contributed by atoms with Crippen LogP contribution in [0.15, 0.2) is 42.5 Å². The molecule has 8 heteroatoms. The Morgan fingerprint density at radius 1 is 0.972 bits per heavy atom. The molecule has 1 fully saturated rings. The quantitative estimate of drug-likeness (QED) is 0.309. The number of hydrogen-bond donors (Lipinski definition) is 1. The normalized spacial score (nSPS) is 13.4. The highest BCUT2D eigenvalue weighted by Crippen LogP contribution is 2.29. The van der Waals surface area contributed by atoms with Crippen molar-refractivity contribution in [1.29, 1.82) is 0 Å². The molecule has 1 N–H and O–H groups in total. The lowest BCUT2D eigenvalue weighted by Crippen LogP contribution is -2.35. The summed E-state index contributed by atoms with van der Waals surface area (Å²) in [6.45, 7) is 5.20. The van der Waals surface area contributed by atoms with Crippen molar-refractivity contribution in [2.75, 3.05) is 45.9 Å². The second kappa shape index (κ2) is 15.2. The van der Waals surface area contributed by atoms with Crippen LogP contribution >= 0.6 is 0 Å². The number of urea groups is 1. The number of anilines is 1. The lowest BCUT2D eigenvalue weighted by molar-refractivity contribution is -0.0531. The minimum Gasteiger partial charge on any atom is -0.497 e. The van der Waals surface area contributed by atoms with Crippen LogP contribution < -0.4 is 19.5 Å². The van der Waals surface area contributed by atoms with Gasteiger partial charge in [-0.25, -0.2) is 4.79 Å². The van der Waals surface area contributed by atoms with Crippen molar-refractivity contribution in [2.24, 2.45) is 0 Å². The van der Waals surface area contributed by atoms with Crippen LogP contribution in [0, 0.1) is 0 Å². The summed E-state index contributed by atoms with van der Waals surface area (Å²) in [7, 11) is 3.18. The average Bonchev–Trinajstić information content (AvgIpc) is 3.42. The number of benzene rings is 2. The van der Waals surface area contributed by atoms with Gasteiger partial charge >= 0.3 is 6.03 Å². The van der Waals surface area contributed by atoms with Gasteiger partial charge in [0, 0.05) is 25.6 Å². The van der Waals surface area contributed by atoms with Gasteiger partial charge in [-0.1, -0.05) is 44.7 Å². The molecule has 8 nitrogen and oxygen atoms in total. The first-order chi connectivity index (χ1) is 17.6. The molecular weight excluding hydrogens is 460 g/mol. The van der Waals surface area contributed by atoms with E-state index in [2.05, 4.69) is 12.2 Å². The smallest absolute Gasteiger partial charge is 0.322 e. The summed E-state index contributed by atoms with van der Waals surface area (Å²) in [5.74, 6) is 2.01. The van der Waals surface area contributed by atoms with Gasteiger partial charge < -0.3 is 33.9 Å². The first-order valence-corrected chi connectivity index (χ1v) is 12.9. The highest BCUT2D eigenvalue weighted by molar-refractivity contribution is 5.91. The number of rotatable bonds is 15. The number of ether oxygens (including phenoxy) is 5. The zero-order valence-corrected chi connectivity index (χ0v) is 21.8. The molecule has 0 bridgehead atoms. The molecule has 0 unspecified atom stereocenters. The topological polar surface area (TPSA) is 78.5 Å². The third-order valence-electron chi connectivity index (χ3n) is 6.08. The Bertz CT molecular complexity index is 915. The van der Waals surface area contributed by atoms with Crippen molar-refractivity contribution in [3.05, 3.63) is 48.0 Å². The van der Waals surface area contributed by atoms with Crippen LogP contribution in [0.5, 0.6) is 17.2 Å². The highest BCUT2D eigenvalue weighted by Gasteiger charge is 2.17. The van der Waals surface area contributed by atoms with Crippen LogP contribution in [0.25, 0.3) is 0 Å². The van der Waals surface area contributed by atoms with Crippen molar-refractivity contribution in [2.45, 2.75) is 58.3 Å². The van der Waals surface area contributed by atoms with E-state index in [9.17, 15) is 4.79 Å². The minimum absolute atomic E-state index is 0.161. The number of hydrogen-bond acceptors (Lipinski definition) is 6. The zero-order chi connectivity index (χ0) is 25.6. The Morgan fingerprint density at radius 2 is 1.69 bits per heavy atom. The summed E-state index contributed by atoms with van der Waals surface area (Å²) in [4.78, 5) is 15.1. The molecule has 3 rings (SSSR count). The molecule has 2 aromatic rings. The number of methoxy groups -OCH3 is 2. The average molecular weight is 501 g/mol. The van der Waals surface area contributed by atoms with E-state index in [1.165, 1.54) is 19.3 Å². The molecule has 36 heavy (non-hydrogen) atoms. The first kappa shape index (κ1) is 27.6. The van der Waals surface area contributed by atoms with E-state index in [1.807, 2.05) is 29.2 Å². The molecule has 0 radical (unpaired) electrons. The summed E-state index contributed by atoms with van der Waals surface area (Å²) >= 11 is 0. The zero-order valence-electron chi connectivity index (χ0n) is 21.8. The van der Waals surface area contributed by atoms with Crippen LogP contribution in [0.4, 0.5) is 10.5 Å². The number of nitrogens with one attached hydrogen (secondary N) is 1. The lowest BCUT2D eigenvalue weighted by Gasteiger charge is -2.24. The van der Waals surface area contributed by atoms with Gasteiger partial charge in [-0.2, -0.15) is 0 Å². The van der Waals surface area contributed by atoms with Crippen LogP contribution in [0.2, 0.25) is 0 Å². The van der Waals surface area contributed by atoms with Crippen molar-refractivity contribution < 1.29 is 28.5 Å². The molecule has 0 aromatic heterocycles. The number of carbonyl (C=O) groups is 1. The maximum absolute atomic E-state index is 13.3. The molecule has 198 valence electrons. The van der Waals surface area contributed by atoms with Gasteiger partial charge in [0.05, 0.1) is 39.7 Å². The van der Waals surface area contributed by atoms with Crippen LogP contribution in [-0.4, -0.2) is 57.8 Å². The van der Waals surface area contributed by atoms with Gasteiger partial charge in [0.25, 0.3) is 0 Å². The molecule has 1 saturated heterocycles. The van der Waals surface area contributed by atoms with Crippen molar-refractivity contribution in [3.63, 3.8) is 0 Å². The third kappa shape index (κ3) is 8.91. The van der Waals surface area contributed by atoms with E-state index in [-0.39, 0.29) is 12.3 Å². The fourth-order valence-electron chi connectivity index (χ4n) is 4.01. The largest absolute Gasteiger partial charge is 0.497 e. The van der Waals surface area contributed by atoms with E-state index in [0.29, 0.717) is 56.5 Å². The molecule has 0 atom stereocenters. The van der Waals surface area contributed by atoms with E-state index in [4.69, 9.17) is 23.7 Å². The molecule has 0 saturated carbocycles. The van der Waals surface area contributed by atoms with Gasteiger partial charge in [-0.15, -0.1) is 0 Å². The predicted octanol–water partition coefficient (Wildman–Crippen LogP) is 5.85. The number of nitrogens with zero attached hydrogens (tertiary/aromatic N) is 1. The van der Waals surface area contributed by atoms with Gasteiger partial charge in [0.2, 0.25) is 0 Å². The van der Waals surface area contributed by atoms with E-state index in [0.717, 1.165) is 24.2 Å². The molecule has 2 aromatic carbocycles. The van der Waals surface area contributed by atoms with Crippen molar-refractivity contribution >= 4 is 11.7 Å². The highest BCUT2D eigenvalue weighted by atomic mass is 16.7. The Balaban J connectivity index is 1.59. The summed E-state index contributed by atoms with van der Waals surface area (Å²) < 4.78 is 27.4. The summed E-state index contributed by atoms with van der Waals surface area (Å²) in [6.07, 6.45) is 6.18. The fourth-order valence-corrected chi connectivity index (χ4v) is 4.01. The molecule has 1 aliphatic rings. The summed E-state index contributed by atoms with van der Waals surface area (Å²) in [5.41, 5.74) is 1.65. The Morgan fingerprint density at radius 3 is 2.39 bits per heavy atom. The van der Waals surface area contributed by atoms with E-state index < -0.39 is 0 Å².